The summed E-state index contributed by atoms with van der Waals surface area (Å²) in [5.74, 6) is -0.0679. The SMILES string of the molecule is COCCN1C[C@@H](C(=O)NCc2cnc(-c3ccccc3)s2)CCC1=O. The van der Waals surface area contributed by atoms with Crippen LogP contribution in [0.1, 0.15) is 17.7 Å². The van der Waals surface area contributed by atoms with E-state index in [1.54, 1.807) is 23.3 Å². The number of methoxy groups -OCH3 is 1. The zero-order valence-electron chi connectivity index (χ0n) is 14.8. The van der Waals surface area contributed by atoms with Crippen LogP contribution in [0.2, 0.25) is 0 Å². The van der Waals surface area contributed by atoms with Gasteiger partial charge in [0, 0.05) is 43.3 Å². The summed E-state index contributed by atoms with van der Waals surface area (Å²) in [6.07, 6.45) is 2.83. The third-order valence-electron chi connectivity index (χ3n) is 4.45. The number of aromatic nitrogens is 1. The van der Waals surface area contributed by atoms with Crippen molar-refractivity contribution >= 4 is 23.2 Å². The molecule has 1 fully saturated rings. The molecule has 138 valence electrons. The topological polar surface area (TPSA) is 71.5 Å². The van der Waals surface area contributed by atoms with Crippen molar-refractivity contribution in [1.29, 1.82) is 0 Å². The van der Waals surface area contributed by atoms with E-state index in [2.05, 4.69) is 10.3 Å². The van der Waals surface area contributed by atoms with E-state index in [9.17, 15) is 9.59 Å². The fourth-order valence-electron chi connectivity index (χ4n) is 2.97. The maximum atomic E-state index is 12.5. The lowest BCUT2D eigenvalue weighted by Gasteiger charge is -2.31. The summed E-state index contributed by atoms with van der Waals surface area (Å²) in [7, 11) is 1.61. The molecule has 0 radical (unpaired) electrons. The van der Waals surface area contributed by atoms with Crippen molar-refractivity contribution in [3.63, 3.8) is 0 Å². The molecule has 1 aliphatic heterocycles. The van der Waals surface area contributed by atoms with E-state index in [1.165, 1.54) is 0 Å². The van der Waals surface area contributed by atoms with Gasteiger partial charge < -0.3 is 15.0 Å². The highest BCUT2D eigenvalue weighted by atomic mass is 32.1. The van der Waals surface area contributed by atoms with Crippen LogP contribution in [0.3, 0.4) is 0 Å². The Morgan fingerprint density at radius 2 is 2.19 bits per heavy atom. The van der Waals surface area contributed by atoms with Gasteiger partial charge in [-0.3, -0.25) is 9.59 Å². The Morgan fingerprint density at radius 1 is 1.38 bits per heavy atom. The average molecular weight is 373 g/mol. The second-order valence-corrected chi connectivity index (χ2v) is 7.40. The van der Waals surface area contributed by atoms with Crippen LogP contribution in [0, 0.1) is 5.92 Å². The Balaban J connectivity index is 1.52. The number of ether oxygens (including phenoxy) is 1. The molecule has 0 spiro atoms. The maximum absolute atomic E-state index is 12.5. The van der Waals surface area contributed by atoms with Crippen LogP contribution >= 0.6 is 11.3 Å². The first-order valence-corrected chi connectivity index (χ1v) is 9.53. The number of benzene rings is 1. The summed E-state index contributed by atoms with van der Waals surface area (Å²) in [6.45, 7) is 1.95. The number of hydrogen-bond acceptors (Lipinski definition) is 5. The molecule has 6 nitrogen and oxygen atoms in total. The Morgan fingerprint density at radius 3 is 2.96 bits per heavy atom. The first kappa shape index (κ1) is 18.5. The van der Waals surface area contributed by atoms with Crippen LogP contribution in [0.25, 0.3) is 10.6 Å². The molecular formula is C19H23N3O3S. The van der Waals surface area contributed by atoms with E-state index < -0.39 is 0 Å². The van der Waals surface area contributed by atoms with Crippen molar-refractivity contribution in [3.05, 3.63) is 41.4 Å². The minimum Gasteiger partial charge on any atom is -0.383 e. The zero-order valence-corrected chi connectivity index (χ0v) is 15.6. The lowest BCUT2D eigenvalue weighted by atomic mass is 9.96. The highest BCUT2D eigenvalue weighted by Gasteiger charge is 2.29. The molecule has 2 heterocycles. The average Bonchev–Trinajstić information content (AvgIpc) is 3.15. The van der Waals surface area contributed by atoms with Crippen molar-refractivity contribution in [2.75, 3.05) is 26.8 Å². The molecule has 1 N–H and O–H groups in total. The lowest BCUT2D eigenvalue weighted by Crippen LogP contribution is -2.46. The van der Waals surface area contributed by atoms with Crippen LogP contribution in [0.15, 0.2) is 36.5 Å². The number of hydrogen-bond donors (Lipinski definition) is 1. The summed E-state index contributed by atoms with van der Waals surface area (Å²) >= 11 is 1.58. The van der Waals surface area contributed by atoms with Gasteiger partial charge >= 0.3 is 0 Å². The molecule has 0 unspecified atom stereocenters. The molecule has 26 heavy (non-hydrogen) atoms. The minimum absolute atomic E-state index is 0.00502. The van der Waals surface area contributed by atoms with Crippen LogP contribution in [0.5, 0.6) is 0 Å². The summed E-state index contributed by atoms with van der Waals surface area (Å²) in [6, 6.07) is 9.99. The smallest absolute Gasteiger partial charge is 0.225 e. The molecule has 2 aromatic rings. The van der Waals surface area contributed by atoms with Crippen LogP contribution < -0.4 is 5.32 Å². The van der Waals surface area contributed by atoms with Crippen LogP contribution in [-0.2, 0) is 20.9 Å². The molecule has 1 aromatic heterocycles. The predicted molar refractivity (Wildman–Crippen MR) is 101 cm³/mol. The third-order valence-corrected chi connectivity index (χ3v) is 5.49. The molecule has 0 bridgehead atoms. The van der Waals surface area contributed by atoms with Gasteiger partial charge in [-0.15, -0.1) is 11.3 Å². The first-order chi connectivity index (χ1) is 12.7. The highest BCUT2D eigenvalue weighted by molar-refractivity contribution is 7.15. The van der Waals surface area contributed by atoms with E-state index in [1.807, 2.05) is 36.5 Å². The quantitative estimate of drug-likeness (QED) is 0.808. The number of carbonyl (C=O) groups excluding carboxylic acids is 2. The van der Waals surface area contributed by atoms with Gasteiger partial charge in [0.15, 0.2) is 0 Å². The van der Waals surface area contributed by atoms with Gasteiger partial charge in [-0.1, -0.05) is 30.3 Å². The first-order valence-electron chi connectivity index (χ1n) is 8.72. The summed E-state index contributed by atoms with van der Waals surface area (Å²) in [5.41, 5.74) is 1.08. The van der Waals surface area contributed by atoms with Crippen LogP contribution in [-0.4, -0.2) is 48.5 Å². The Hall–Kier alpha value is -2.25. The molecule has 1 atom stereocenters. The second-order valence-electron chi connectivity index (χ2n) is 6.28. The van der Waals surface area contributed by atoms with Crippen LogP contribution in [0.4, 0.5) is 0 Å². The number of likely N-dealkylation sites (tertiary alicyclic amines) is 1. The maximum Gasteiger partial charge on any atom is 0.225 e. The molecule has 0 aliphatic carbocycles. The van der Waals surface area contributed by atoms with Crippen molar-refractivity contribution in [2.24, 2.45) is 5.92 Å². The Bertz CT molecular complexity index is 747. The summed E-state index contributed by atoms with van der Waals surface area (Å²) in [5, 5.41) is 3.94. The highest BCUT2D eigenvalue weighted by Crippen LogP contribution is 2.25. The summed E-state index contributed by atoms with van der Waals surface area (Å²) < 4.78 is 5.03. The van der Waals surface area contributed by atoms with Gasteiger partial charge in [0.25, 0.3) is 0 Å². The van der Waals surface area contributed by atoms with E-state index in [-0.39, 0.29) is 17.7 Å². The number of amides is 2. The van der Waals surface area contributed by atoms with Crippen molar-refractivity contribution in [3.8, 4) is 10.6 Å². The number of nitrogens with one attached hydrogen (secondary N) is 1. The fourth-order valence-corrected chi connectivity index (χ4v) is 3.83. The second kappa shape index (κ2) is 8.91. The molecule has 1 aromatic carbocycles. The van der Waals surface area contributed by atoms with Gasteiger partial charge in [0.2, 0.25) is 11.8 Å². The number of thiazole rings is 1. The van der Waals surface area contributed by atoms with Gasteiger partial charge in [0.05, 0.1) is 19.1 Å². The number of nitrogens with zero attached hydrogens (tertiary/aromatic N) is 2. The van der Waals surface area contributed by atoms with E-state index in [4.69, 9.17) is 4.74 Å². The molecular weight excluding hydrogens is 350 g/mol. The number of carbonyl (C=O) groups is 2. The molecule has 1 saturated heterocycles. The number of rotatable bonds is 7. The fraction of sp³-hybridized carbons (Fsp3) is 0.421. The van der Waals surface area contributed by atoms with Gasteiger partial charge in [-0.2, -0.15) is 0 Å². The minimum atomic E-state index is -0.161. The number of piperidine rings is 1. The monoisotopic (exact) mass is 373 g/mol. The van der Waals surface area contributed by atoms with Crippen molar-refractivity contribution in [1.82, 2.24) is 15.2 Å². The van der Waals surface area contributed by atoms with Gasteiger partial charge in [-0.05, 0) is 6.42 Å². The van der Waals surface area contributed by atoms with Gasteiger partial charge in [-0.25, -0.2) is 4.98 Å². The standard InChI is InChI=1S/C19H23N3O3S/c1-25-10-9-22-13-15(7-8-17(22)23)18(24)20-11-16-12-21-19(26-16)14-5-3-2-4-6-14/h2-6,12,15H,7-11,13H2,1H3,(H,20,24)/t15-/m0/s1. The Kier molecular flexibility index (Phi) is 6.35. The molecule has 2 amide bonds. The lowest BCUT2D eigenvalue weighted by molar-refractivity contribution is -0.138. The predicted octanol–water partition coefficient (Wildman–Crippen LogP) is 2.31. The molecule has 0 saturated carbocycles. The van der Waals surface area contributed by atoms with E-state index >= 15 is 0 Å². The molecule has 7 heteroatoms. The normalized spacial score (nSPS) is 17.3. The molecule has 3 rings (SSSR count). The van der Waals surface area contributed by atoms with Gasteiger partial charge in [0.1, 0.15) is 5.01 Å². The largest absolute Gasteiger partial charge is 0.383 e. The summed E-state index contributed by atoms with van der Waals surface area (Å²) in [4.78, 5) is 31.6. The third kappa shape index (κ3) is 4.68. The van der Waals surface area contributed by atoms with E-state index in [0.29, 0.717) is 39.1 Å². The zero-order chi connectivity index (χ0) is 18.4. The molecule has 1 aliphatic rings. The van der Waals surface area contributed by atoms with Crippen molar-refractivity contribution in [2.45, 2.75) is 19.4 Å². The van der Waals surface area contributed by atoms with Crippen molar-refractivity contribution < 1.29 is 14.3 Å². The van der Waals surface area contributed by atoms with E-state index in [0.717, 1.165) is 15.4 Å². The Labute approximate surface area is 157 Å².